The van der Waals surface area contributed by atoms with Crippen LogP contribution in [-0.2, 0) is 12.0 Å². The van der Waals surface area contributed by atoms with Crippen molar-refractivity contribution in [2.45, 2.75) is 38.6 Å². The van der Waals surface area contributed by atoms with Crippen molar-refractivity contribution in [3.8, 4) is 0 Å². The molecule has 21 heavy (non-hydrogen) atoms. The van der Waals surface area contributed by atoms with Crippen LogP contribution in [0.4, 0.5) is 0 Å². The van der Waals surface area contributed by atoms with Crippen LogP contribution in [0.1, 0.15) is 43.8 Å². The second-order valence-corrected chi connectivity index (χ2v) is 6.34. The standard InChI is InChI=1S/C18H23N3/c1-14(2)12-19-13-16-8-11-20-17(21-16)18(9-10-18)15-6-4-3-5-7-15/h3-8,11,14,19H,9-10,12-13H2,1-2H3. The summed E-state index contributed by atoms with van der Waals surface area (Å²) in [7, 11) is 0. The first kappa shape index (κ1) is 14.2. The lowest BCUT2D eigenvalue weighted by atomic mass is 9.95. The molecule has 1 aliphatic rings. The van der Waals surface area contributed by atoms with Gasteiger partial charge >= 0.3 is 0 Å². The minimum atomic E-state index is 0.0648. The van der Waals surface area contributed by atoms with Crippen LogP contribution in [0.15, 0.2) is 42.6 Å². The van der Waals surface area contributed by atoms with Crippen LogP contribution in [0.2, 0.25) is 0 Å². The van der Waals surface area contributed by atoms with Gasteiger partial charge in [-0.25, -0.2) is 9.97 Å². The summed E-state index contributed by atoms with van der Waals surface area (Å²) in [5.74, 6) is 1.64. The van der Waals surface area contributed by atoms with Crippen LogP contribution < -0.4 is 5.32 Å². The first-order valence-corrected chi connectivity index (χ1v) is 7.79. The van der Waals surface area contributed by atoms with Gasteiger partial charge < -0.3 is 5.32 Å². The molecule has 0 bridgehead atoms. The van der Waals surface area contributed by atoms with Gasteiger partial charge in [-0.15, -0.1) is 0 Å². The quantitative estimate of drug-likeness (QED) is 0.883. The molecule has 3 heteroatoms. The van der Waals surface area contributed by atoms with E-state index in [1.54, 1.807) is 0 Å². The zero-order valence-corrected chi connectivity index (χ0v) is 12.8. The third kappa shape index (κ3) is 3.13. The Morgan fingerprint density at radius 1 is 1.14 bits per heavy atom. The van der Waals surface area contributed by atoms with Gasteiger partial charge in [-0.2, -0.15) is 0 Å². The molecule has 3 nitrogen and oxygen atoms in total. The molecule has 0 atom stereocenters. The van der Waals surface area contributed by atoms with Crippen LogP contribution in [0.5, 0.6) is 0 Å². The first-order valence-electron chi connectivity index (χ1n) is 7.79. The third-order valence-corrected chi connectivity index (χ3v) is 4.08. The van der Waals surface area contributed by atoms with Crippen LogP contribution in [0.25, 0.3) is 0 Å². The van der Waals surface area contributed by atoms with Crippen molar-refractivity contribution >= 4 is 0 Å². The number of hydrogen-bond donors (Lipinski definition) is 1. The van der Waals surface area contributed by atoms with Gasteiger partial charge in [0.1, 0.15) is 5.82 Å². The fourth-order valence-corrected chi connectivity index (χ4v) is 2.74. The van der Waals surface area contributed by atoms with E-state index in [0.717, 1.165) is 37.4 Å². The summed E-state index contributed by atoms with van der Waals surface area (Å²) in [4.78, 5) is 9.36. The van der Waals surface area contributed by atoms with E-state index in [4.69, 9.17) is 4.98 Å². The van der Waals surface area contributed by atoms with Crippen LogP contribution in [0, 0.1) is 5.92 Å². The highest BCUT2D eigenvalue weighted by Crippen LogP contribution is 2.51. The molecule has 1 fully saturated rings. The highest BCUT2D eigenvalue weighted by molar-refractivity contribution is 5.39. The topological polar surface area (TPSA) is 37.8 Å². The van der Waals surface area contributed by atoms with Crippen LogP contribution >= 0.6 is 0 Å². The van der Waals surface area contributed by atoms with Gasteiger partial charge in [-0.1, -0.05) is 44.2 Å². The Balaban J connectivity index is 1.77. The molecule has 1 aliphatic carbocycles. The lowest BCUT2D eigenvalue weighted by Gasteiger charge is -2.15. The molecule has 3 rings (SSSR count). The normalized spacial score (nSPS) is 16.1. The summed E-state index contributed by atoms with van der Waals surface area (Å²) >= 11 is 0. The van der Waals surface area contributed by atoms with Gasteiger partial charge in [0.25, 0.3) is 0 Å². The van der Waals surface area contributed by atoms with Crippen molar-refractivity contribution in [2.75, 3.05) is 6.54 Å². The monoisotopic (exact) mass is 281 g/mol. The summed E-state index contributed by atoms with van der Waals surface area (Å²) in [6.45, 7) is 6.27. The highest BCUT2D eigenvalue weighted by Gasteiger charge is 2.48. The van der Waals surface area contributed by atoms with E-state index in [1.165, 1.54) is 5.56 Å². The number of nitrogens with one attached hydrogen (secondary N) is 1. The van der Waals surface area contributed by atoms with Crippen molar-refractivity contribution in [3.63, 3.8) is 0 Å². The maximum atomic E-state index is 4.81. The van der Waals surface area contributed by atoms with Crippen LogP contribution in [-0.4, -0.2) is 16.5 Å². The Labute approximate surface area is 126 Å². The predicted octanol–water partition coefficient (Wildman–Crippen LogP) is 3.30. The van der Waals surface area contributed by atoms with Crippen LogP contribution in [0.3, 0.4) is 0 Å². The number of hydrogen-bond acceptors (Lipinski definition) is 3. The summed E-state index contributed by atoms with van der Waals surface area (Å²) < 4.78 is 0. The summed E-state index contributed by atoms with van der Waals surface area (Å²) in [5, 5.41) is 3.45. The van der Waals surface area contributed by atoms with Gasteiger partial charge in [0.05, 0.1) is 11.1 Å². The molecular weight excluding hydrogens is 258 g/mol. The molecule has 1 aromatic heterocycles. The Kier molecular flexibility index (Phi) is 4.02. The average Bonchev–Trinajstić information content (AvgIpc) is 3.30. The molecule has 1 N–H and O–H groups in total. The number of rotatable bonds is 6. The molecule has 110 valence electrons. The first-order chi connectivity index (χ1) is 10.2. The number of aromatic nitrogens is 2. The summed E-state index contributed by atoms with van der Waals surface area (Å²) in [6.07, 6.45) is 4.21. The Hall–Kier alpha value is -1.74. The molecule has 1 saturated carbocycles. The fourth-order valence-electron chi connectivity index (χ4n) is 2.74. The Morgan fingerprint density at radius 2 is 1.90 bits per heavy atom. The van der Waals surface area contributed by atoms with Gasteiger partial charge in [0, 0.05) is 12.7 Å². The van der Waals surface area contributed by atoms with E-state index in [2.05, 4.69) is 54.5 Å². The summed E-state index contributed by atoms with van der Waals surface area (Å²) in [5.41, 5.74) is 2.50. The van der Waals surface area contributed by atoms with Gasteiger partial charge in [-0.05, 0) is 36.9 Å². The molecule has 0 unspecified atom stereocenters. The second kappa shape index (κ2) is 5.94. The van der Waals surface area contributed by atoms with Gasteiger partial charge in [-0.3, -0.25) is 0 Å². The average molecular weight is 281 g/mol. The zero-order valence-electron chi connectivity index (χ0n) is 12.8. The van der Waals surface area contributed by atoms with Gasteiger partial charge in [0.15, 0.2) is 0 Å². The van der Waals surface area contributed by atoms with E-state index in [1.807, 2.05) is 12.3 Å². The van der Waals surface area contributed by atoms with E-state index < -0.39 is 0 Å². The third-order valence-electron chi connectivity index (χ3n) is 4.08. The van der Waals surface area contributed by atoms with Crippen molar-refractivity contribution in [3.05, 3.63) is 59.7 Å². The second-order valence-electron chi connectivity index (χ2n) is 6.34. The molecule has 0 amide bonds. The van der Waals surface area contributed by atoms with E-state index in [9.17, 15) is 0 Å². The Bertz CT molecular complexity index is 588. The van der Waals surface area contributed by atoms with E-state index >= 15 is 0 Å². The minimum Gasteiger partial charge on any atom is -0.311 e. The maximum Gasteiger partial charge on any atom is 0.139 e. The molecule has 2 aromatic rings. The zero-order chi connectivity index (χ0) is 14.7. The Morgan fingerprint density at radius 3 is 2.57 bits per heavy atom. The molecule has 0 radical (unpaired) electrons. The minimum absolute atomic E-state index is 0.0648. The molecule has 0 aliphatic heterocycles. The number of benzene rings is 1. The molecule has 0 spiro atoms. The SMILES string of the molecule is CC(C)CNCc1ccnc(C2(c3ccccc3)CC2)n1. The number of nitrogens with zero attached hydrogens (tertiary/aromatic N) is 2. The maximum absolute atomic E-state index is 4.81. The molecule has 0 saturated heterocycles. The van der Waals surface area contributed by atoms with Crippen molar-refractivity contribution in [1.82, 2.24) is 15.3 Å². The lowest BCUT2D eigenvalue weighted by Crippen LogP contribution is -2.21. The molecular formula is C18H23N3. The molecule has 1 heterocycles. The van der Waals surface area contributed by atoms with Gasteiger partial charge in [0.2, 0.25) is 0 Å². The van der Waals surface area contributed by atoms with Crippen molar-refractivity contribution in [2.24, 2.45) is 5.92 Å². The molecule has 1 aromatic carbocycles. The van der Waals surface area contributed by atoms with E-state index in [-0.39, 0.29) is 5.41 Å². The summed E-state index contributed by atoms with van der Waals surface area (Å²) in [6, 6.07) is 12.7. The highest BCUT2D eigenvalue weighted by atomic mass is 15.0. The predicted molar refractivity (Wildman–Crippen MR) is 85.0 cm³/mol. The largest absolute Gasteiger partial charge is 0.311 e. The smallest absolute Gasteiger partial charge is 0.139 e. The fraction of sp³-hybridized carbons (Fsp3) is 0.444. The van der Waals surface area contributed by atoms with Crippen molar-refractivity contribution in [1.29, 1.82) is 0 Å². The van der Waals surface area contributed by atoms with Crippen molar-refractivity contribution < 1.29 is 0 Å². The van der Waals surface area contributed by atoms with E-state index in [0.29, 0.717) is 5.92 Å². The lowest BCUT2D eigenvalue weighted by molar-refractivity contribution is 0.546.